The molecule has 0 spiro atoms. The summed E-state index contributed by atoms with van der Waals surface area (Å²) in [5.74, 6) is 0.198. The Morgan fingerprint density at radius 1 is 1.44 bits per heavy atom. The van der Waals surface area contributed by atoms with E-state index in [0.29, 0.717) is 0 Å². The van der Waals surface area contributed by atoms with Crippen molar-refractivity contribution >= 4 is 30.7 Å². The average molecular weight is 300 g/mol. The van der Waals surface area contributed by atoms with E-state index in [2.05, 4.69) is 17.1 Å². The van der Waals surface area contributed by atoms with Crippen LogP contribution in [0, 0.1) is 5.92 Å². The summed E-state index contributed by atoms with van der Waals surface area (Å²) in [4.78, 5) is 14.2. The largest absolute Gasteiger partial charge is 0.351 e. The minimum Gasteiger partial charge on any atom is -0.351 e. The molecule has 0 aromatic carbocycles. The molecule has 1 heterocycles. The second kappa shape index (κ2) is 9.84. The van der Waals surface area contributed by atoms with Crippen LogP contribution in [0.4, 0.5) is 0 Å². The predicted octanol–water partition coefficient (Wildman–Crippen LogP) is 1.41. The summed E-state index contributed by atoms with van der Waals surface area (Å²) in [6, 6.07) is -0.0944. The van der Waals surface area contributed by atoms with Gasteiger partial charge in [0.05, 0.1) is 6.04 Å². The minimum atomic E-state index is -0.378. The zero-order chi connectivity index (χ0) is 12.1. The molecule has 1 amide bonds. The molecule has 1 rings (SSSR count). The number of likely N-dealkylation sites (N-methyl/N-ethyl adjacent to an activating group) is 1. The number of hydrogen-bond donors (Lipinski definition) is 2. The molecule has 3 N–H and O–H groups in total. The Balaban J connectivity index is 0. The molecule has 2 unspecified atom stereocenters. The van der Waals surface area contributed by atoms with Gasteiger partial charge in [-0.15, -0.1) is 24.8 Å². The zero-order valence-electron chi connectivity index (χ0n) is 11.5. The maximum atomic E-state index is 11.8. The molecule has 6 heteroatoms. The van der Waals surface area contributed by atoms with Crippen LogP contribution in [0.3, 0.4) is 0 Å². The molecular formula is C12H27Cl2N3O. The molecule has 0 aromatic rings. The molecule has 4 nitrogen and oxygen atoms in total. The molecule has 18 heavy (non-hydrogen) atoms. The molecule has 0 aromatic heterocycles. The van der Waals surface area contributed by atoms with E-state index in [1.807, 2.05) is 13.8 Å². The highest BCUT2D eigenvalue weighted by molar-refractivity contribution is 5.85. The van der Waals surface area contributed by atoms with Crippen LogP contribution >= 0.6 is 24.8 Å². The highest BCUT2D eigenvalue weighted by Crippen LogP contribution is 2.10. The van der Waals surface area contributed by atoms with Gasteiger partial charge in [-0.25, -0.2) is 0 Å². The Kier molecular flexibility index (Phi) is 11.1. The van der Waals surface area contributed by atoms with E-state index in [0.717, 1.165) is 32.5 Å². The third kappa shape index (κ3) is 6.23. The first-order valence-corrected chi connectivity index (χ1v) is 6.33. The summed E-state index contributed by atoms with van der Waals surface area (Å²) < 4.78 is 0. The molecule has 1 saturated heterocycles. The van der Waals surface area contributed by atoms with Crippen LogP contribution < -0.4 is 11.1 Å². The summed E-state index contributed by atoms with van der Waals surface area (Å²) >= 11 is 0. The van der Waals surface area contributed by atoms with Gasteiger partial charge in [-0.3, -0.25) is 4.79 Å². The average Bonchev–Trinajstić information content (AvgIpc) is 2.28. The molecule has 1 fully saturated rings. The van der Waals surface area contributed by atoms with Gasteiger partial charge < -0.3 is 16.0 Å². The van der Waals surface area contributed by atoms with Gasteiger partial charge in [0.25, 0.3) is 0 Å². The highest BCUT2D eigenvalue weighted by atomic mass is 35.5. The molecule has 0 bridgehead atoms. The number of rotatable bonds is 4. The first-order valence-electron chi connectivity index (χ1n) is 6.33. The lowest BCUT2D eigenvalue weighted by atomic mass is 10.0. The van der Waals surface area contributed by atoms with Crippen molar-refractivity contribution in [3.63, 3.8) is 0 Å². The number of likely N-dealkylation sites (tertiary alicyclic amines) is 1. The van der Waals surface area contributed by atoms with E-state index in [-0.39, 0.29) is 48.7 Å². The second-order valence-electron chi connectivity index (χ2n) is 5.01. The lowest BCUT2D eigenvalue weighted by Crippen LogP contribution is -2.53. The van der Waals surface area contributed by atoms with E-state index in [9.17, 15) is 4.79 Å². The summed E-state index contributed by atoms with van der Waals surface area (Å²) in [6.07, 6.45) is 2.24. The van der Waals surface area contributed by atoms with Crippen molar-refractivity contribution in [2.45, 2.75) is 45.7 Å². The topological polar surface area (TPSA) is 58.4 Å². The van der Waals surface area contributed by atoms with Crippen LogP contribution in [-0.2, 0) is 4.79 Å². The van der Waals surface area contributed by atoms with Gasteiger partial charge in [0.2, 0.25) is 5.91 Å². The fourth-order valence-electron chi connectivity index (χ4n) is 2.06. The van der Waals surface area contributed by atoms with Gasteiger partial charge >= 0.3 is 0 Å². The van der Waals surface area contributed by atoms with Crippen LogP contribution in [0.25, 0.3) is 0 Å². The maximum absolute atomic E-state index is 11.8. The number of carbonyl (C=O) groups excluding carboxylic acids is 1. The van der Waals surface area contributed by atoms with Crippen molar-refractivity contribution in [3.8, 4) is 0 Å². The number of hydrogen-bond acceptors (Lipinski definition) is 3. The fraction of sp³-hybridized carbons (Fsp3) is 0.917. The monoisotopic (exact) mass is 299 g/mol. The first-order chi connectivity index (χ1) is 7.54. The second-order valence-corrected chi connectivity index (χ2v) is 5.01. The third-order valence-corrected chi connectivity index (χ3v) is 3.32. The number of nitrogens with one attached hydrogen (secondary N) is 1. The summed E-state index contributed by atoms with van der Waals surface area (Å²) in [6.45, 7) is 9.28. The van der Waals surface area contributed by atoms with Crippen molar-refractivity contribution in [3.05, 3.63) is 0 Å². The Labute approximate surface area is 123 Å². The highest BCUT2D eigenvalue weighted by Gasteiger charge is 2.23. The number of piperidine rings is 1. The standard InChI is InChI=1S/C12H25N3O.2ClH/c1-4-15-7-5-6-10(8-15)14-12(16)11(13)9(2)3;;/h9-11H,4-8,13H2,1-3H3,(H,14,16);2*1H. The number of nitrogens with zero attached hydrogens (tertiary/aromatic N) is 1. The lowest BCUT2D eigenvalue weighted by Gasteiger charge is -2.33. The minimum absolute atomic E-state index is 0. The van der Waals surface area contributed by atoms with Crippen LogP contribution in [0.15, 0.2) is 0 Å². The van der Waals surface area contributed by atoms with Gasteiger partial charge in [0, 0.05) is 12.6 Å². The zero-order valence-corrected chi connectivity index (χ0v) is 13.1. The molecule has 2 atom stereocenters. The van der Waals surface area contributed by atoms with Gasteiger partial charge in [0.1, 0.15) is 0 Å². The number of halogens is 2. The Hall–Kier alpha value is -0.0300. The van der Waals surface area contributed by atoms with Crippen LogP contribution in [0.5, 0.6) is 0 Å². The molecule has 0 saturated carbocycles. The normalized spacial score (nSPS) is 21.7. The van der Waals surface area contributed by atoms with Crippen LogP contribution in [0.1, 0.15) is 33.6 Å². The van der Waals surface area contributed by atoms with Crippen LogP contribution in [0.2, 0.25) is 0 Å². The Bertz CT molecular complexity index is 239. The molecule has 110 valence electrons. The summed E-state index contributed by atoms with van der Waals surface area (Å²) in [5, 5.41) is 3.06. The summed E-state index contributed by atoms with van der Waals surface area (Å²) in [5.41, 5.74) is 5.82. The van der Waals surface area contributed by atoms with Crippen molar-refractivity contribution in [1.82, 2.24) is 10.2 Å². The fourth-order valence-corrected chi connectivity index (χ4v) is 2.06. The number of amides is 1. The quantitative estimate of drug-likeness (QED) is 0.825. The maximum Gasteiger partial charge on any atom is 0.237 e. The van der Waals surface area contributed by atoms with Gasteiger partial charge in [-0.2, -0.15) is 0 Å². The molecule has 0 radical (unpaired) electrons. The lowest BCUT2D eigenvalue weighted by molar-refractivity contribution is -0.124. The van der Waals surface area contributed by atoms with E-state index >= 15 is 0 Å². The van der Waals surface area contributed by atoms with Crippen molar-refractivity contribution in [2.24, 2.45) is 11.7 Å². The Morgan fingerprint density at radius 2 is 2.06 bits per heavy atom. The Morgan fingerprint density at radius 3 is 2.56 bits per heavy atom. The SMILES string of the molecule is CCN1CCCC(NC(=O)C(N)C(C)C)C1.Cl.Cl. The van der Waals surface area contributed by atoms with Gasteiger partial charge in [0.15, 0.2) is 0 Å². The number of carbonyl (C=O) groups is 1. The van der Waals surface area contributed by atoms with E-state index in [1.54, 1.807) is 0 Å². The first kappa shape index (κ1) is 20.3. The van der Waals surface area contributed by atoms with Crippen molar-refractivity contribution < 1.29 is 4.79 Å². The number of nitrogens with two attached hydrogens (primary N) is 1. The van der Waals surface area contributed by atoms with E-state index in [4.69, 9.17) is 5.73 Å². The summed E-state index contributed by atoms with van der Waals surface area (Å²) in [7, 11) is 0. The van der Waals surface area contributed by atoms with E-state index in [1.165, 1.54) is 0 Å². The molecule has 0 aliphatic carbocycles. The predicted molar refractivity (Wildman–Crippen MR) is 80.6 cm³/mol. The van der Waals surface area contributed by atoms with Crippen LogP contribution in [-0.4, -0.2) is 42.5 Å². The van der Waals surface area contributed by atoms with Gasteiger partial charge in [-0.05, 0) is 31.8 Å². The third-order valence-electron chi connectivity index (χ3n) is 3.32. The molecule has 1 aliphatic rings. The molecular weight excluding hydrogens is 273 g/mol. The smallest absolute Gasteiger partial charge is 0.237 e. The molecule has 1 aliphatic heterocycles. The van der Waals surface area contributed by atoms with Crippen molar-refractivity contribution in [1.29, 1.82) is 0 Å². The van der Waals surface area contributed by atoms with Crippen molar-refractivity contribution in [2.75, 3.05) is 19.6 Å². The van der Waals surface area contributed by atoms with Gasteiger partial charge in [-0.1, -0.05) is 20.8 Å². The van der Waals surface area contributed by atoms with E-state index < -0.39 is 0 Å².